The molecule has 0 aromatic heterocycles. The first kappa shape index (κ1) is 21.6. The first-order chi connectivity index (χ1) is 15.4. The predicted octanol–water partition coefficient (Wildman–Crippen LogP) is 8.08. The van der Waals surface area contributed by atoms with Gasteiger partial charge < -0.3 is 10.1 Å². The number of rotatable bonds is 0. The summed E-state index contributed by atoms with van der Waals surface area (Å²) in [5, 5.41) is 3.66. The molecule has 0 radical (unpaired) electrons. The lowest BCUT2D eigenvalue weighted by Crippen LogP contribution is -2.38. The number of halogens is 1. The van der Waals surface area contributed by atoms with Gasteiger partial charge >= 0.3 is 0 Å². The first-order valence-corrected chi connectivity index (χ1v) is 13.3. The molecule has 3 heterocycles. The van der Waals surface area contributed by atoms with Crippen LogP contribution in [0.4, 0.5) is 11.4 Å². The highest BCUT2D eigenvalue weighted by molar-refractivity contribution is 14.2. The molecule has 0 atom stereocenters. The average molecular weight is 521 g/mol. The summed E-state index contributed by atoms with van der Waals surface area (Å²) in [7, 11) is 0. The summed E-state index contributed by atoms with van der Waals surface area (Å²) in [5.41, 5.74) is 5.94. The van der Waals surface area contributed by atoms with Crippen LogP contribution in [0.2, 0.25) is 0 Å². The van der Waals surface area contributed by atoms with Crippen LogP contribution in [0.5, 0.6) is 5.75 Å². The molecule has 3 aliphatic heterocycles. The zero-order valence-electron chi connectivity index (χ0n) is 18.4. The van der Waals surface area contributed by atoms with Crippen LogP contribution >= 0.6 is 20.7 Å². The van der Waals surface area contributed by atoms with E-state index in [9.17, 15) is 0 Å². The van der Waals surface area contributed by atoms with Crippen LogP contribution in [-0.4, -0.2) is 4.01 Å². The second-order valence-electron chi connectivity index (χ2n) is 6.84. The number of fused-ring (bicyclic) bond motifs is 7. The molecule has 3 aromatic rings. The topological polar surface area (TPSA) is 21.3 Å². The van der Waals surface area contributed by atoms with Crippen molar-refractivity contribution in [3.05, 3.63) is 111 Å². The van der Waals surface area contributed by atoms with Gasteiger partial charge in [-0.3, -0.25) is 0 Å². The quantitative estimate of drug-likeness (QED) is 0.302. The van der Waals surface area contributed by atoms with Crippen LogP contribution in [0.3, 0.4) is 0 Å². The summed E-state index contributed by atoms with van der Waals surface area (Å²) in [4.78, 5) is 0. The standard InChI is InChI=1S/C24H16INO.2C2H6/c1-4-11-19-16(8-1)24(17-9-2-5-12-20(17)26-19)18-10-3-6-13-21(18)27-22-14-7-15-25-23(22)24;2*1-2/h1-15,26H;2*1-2H3. The molecule has 158 valence electrons. The minimum Gasteiger partial charge on any atom is -0.456 e. The largest absolute Gasteiger partial charge is 0.456 e. The minimum absolute atomic E-state index is 0.284. The molecule has 3 aromatic carbocycles. The van der Waals surface area contributed by atoms with Crippen molar-refractivity contribution in [2.24, 2.45) is 0 Å². The van der Waals surface area contributed by atoms with Crippen molar-refractivity contribution in [1.82, 2.24) is 0 Å². The van der Waals surface area contributed by atoms with Crippen LogP contribution in [0.1, 0.15) is 44.4 Å². The third kappa shape index (κ3) is 3.26. The lowest BCUT2D eigenvalue weighted by atomic mass is 9.65. The summed E-state index contributed by atoms with van der Waals surface area (Å²) < 4.78 is 10.1. The van der Waals surface area contributed by atoms with Crippen LogP contribution < -0.4 is 10.1 Å². The molecule has 1 N–H and O–H groups in total. The number of benzene rings is 3. The minimum atomic E-state index is -0.294. The number of anilines is 2. The maximum Gasteiger partial charge on any atom is 0.137 e. The number of para-hydroxylation sites is 3. The molecule has 6 rings (SSSR count). The maximum atomic E-state index is 6.37. The fourth-order valence-corrected chi connectivity index (χ4v) is 7.16. The Balaban J connectivity index is 0.000000549. The molecule has 3 heteroatoms. The second kappa shape index (κ2) is 9.23. The van der Waals surface area contributed by atoms with Crippen molar-refractivity contribution in [3.63, 3.8) is 0 Å². The van der Waals surface area contributed by atoms with Gasteiger partial charge in [0.2, 0.25) is 0 Å². The van der Waals surface area contributed by atoms with Gasteiger partial charge in [0.05, 0.1) is 5.41 Å². The number of ether oxygens (including phenoxy) is 1. The molecule has 0 saturated carbocycles. The Hall–Kier alpha value is -2.66. The lowest BCUT2D eigenvalue weighted by Gasteiger charge is -2.45. The SMILES string of the molecule is C1=CC2=C(I=C1)C1(c3ccccc3Nc3ccccc31)c1ccccc1O2.CC.CC. The molecule has 0 aliphatic carbocycles. The van der Waals surface area contributed by atoms with Gasteiger partial charge in [-0.1, -0.05) is 109 Å². The number of hydrogen-bond acceptors (Lipinski definition) is 2. The van der Waals surface area contributed by atoms with E-state index in [0.717, 1.165) is 11.5 Å². The highest BCUT2D eigenvalue weighted by Gasteiger charge is 2.50. The molecule has 2 nitrogen and oxygen atoms in total. The highest BCUT2D eigenvalue weighted by Crippen LogP contribution is 2.61. The van der Waals surface area contributed by atoms with Crippen molar-refractivity contribution in [1.29, 1.82) is 0 Å². The Morgan fingerprint density at radius 2 is 1.26 bits per heavy atom. The molecular formula is C28H28INO. The molecule has 0 fully saturated rings. The van der Waals surface area contributed by atoms with E-state index in [-0.39, 0.29) is 26.1 Å². The smallest absolute Gasteiger partial charge is 0.137 e. The highest BCUT2D eigenvalue weighted by atomic mass is 127. The fraction of sp³-hybridized carbons (Fsp3) is 0.179. The third-order valence-electron chi connectivity index (χ3n) is 5.48. The zero-order chi connectivity index (χ0) is 21.8. The van der Waals surface area contributed by atoms with E-state index in [2.05, 4.69) is 94.3 Å². The predicted molar refractivity (Wildman–Crippen MR) is 142 cm³/mol. The number of nitrogens with one attached hydrogen (secondary N) is 1. The normalized spacial score (nSPS) is 15.7. The molecule has 0 saturated heterocycles. The monoisotopic (exact) mass is 521 g/mol. The van der Waals surface area contributed by atoms with E-state index in [0.29, 0.717) is 0 Å². The molecule has 0 bridgehead atoms. The van der Waals surface area contributed by atoms with Gasteiger partial charge in [-0.25, -0.2) is 0 Å². The van der Waals surface area contributed by atoms with Gasteiger partial charge in [0, 0.05) is 20.5 Å². The maximum absolute atomic E-state index is 6.37. The van der Waals surface area contributed by atoms with Crippen molar-refractivity contribution in [2.75, 3.05) is 5.32 Å². The van der Waals surface area contributed by atoms with Crippen LogP contribution in [0.25, 0.3) is 0 Å². The van der Waals surface area contributed by atoms with E-state index in [1.165, 1.54) is 31.6 Å². The fourth-order valence-electron chi connectivity index (χ4n) is 4.45. The molecular weight excluding hydrogens is 493 g/mol. The van der Waals surface area contributed by atoms with Gasteiger partial charge in [-0.15, -0.1) is 0 Å². The van der Waals surface area contributed by atoms with E-state index >= 15 is 0 Å². The van der Waals surface area contributed by atoms with Crippen LogP contribution in [0.15, 0.2) is 94.3 Å². The Labute approximate surface area is 195 Å². The average Bonchev–Trinajstić information content (AvgIpc) is 2.86. The van der Waals surface area contributed by atoms with E-state index in [1.807, 2.05) is 27.7 Å². The van der Waals surface area contributed by atoms with Crippen LogP contribution in [0, 0.1) is 0 Å². The van der Waals surface area contributed by atoms with Crippen molar-refractivity contribution in [2.45, 2.75) is 33.1 Å². The molecule has 0 unspecified atom stereocenters. The Kier molecular flexibility index (Phi) is 6.42. The van der Waals surface area contributed by atoms with Crippen LogP contribution in [-0.2, 0) is 5.41 Å². The van der Waals surface area contributed by atoms with Crippen molar-refractivity contribution in [3.8, 4) is 5.75 Å². The second-order valence-corrected chi connectivity index (χ2v) is 9.26. The molecule has 3 aliphatic rings. The van der Waals surface area contributed by atoms with Gasteiger partial charge in [0.1, 0.15) is 11.5 Å². The Morgan fingerprint density at radius 3 is 1.90 bits per heavy atom. The summed E-state index contributed by atoms with van der Waals surface area (Å²) in [6.07, 6.45) is 4.27. The Bertz CT molecular complexity index is 1140. The lowest BCUT2D eigenvalue weighted by molar-refractivity contribution is 0.408. The summed E-state index contributed by atoms with van der Waals surface area (Å²) in [6, 6.07) is 25.9. The van der Waals surface area contributed by atoms with E-state index in [4.69, 9.17) is 4.74 Å². The zero-order valence-corrected chi connectivity index (χ0v) is 20.6. The van der Waals surface area contributed by atoms with Crippen molar-refractivity contribution < 1.29 is 4.74 Å². The number of hydrogen-bond donors (Lipinski definition) is 1. The summed E-state index contributed by atoms with van der Waals surface area (Å²) >= 11 is -0.284. The van der Waals surface area contributed by atoms with Gasteiger partial charge in [0.25, 0.3) is 0 Å². The van der Waals surface area contributed by atoms with Crippen molar-refractivity contribution >= 4 is 36.1 Å². The van der Waals surface area contributed by atoms with Gasteiger partial charge in [-0.05, 0) is 39.4 Å². The van der Waals surface area contributed by atoms with E-state index < -0.39 is 0 Å². The molecule has 0 amide bonds. The molecule has 1 spiro atoms. The molecule has 31 heavy (non-hydrogen) atoms. The summed E-state index contributed by atoms with van der Waals surface area (Å²) in [5.74, 6) is 1.98. The van der Waals surface area contributed by atoms with E-state index in [1.54, 1.807) is 0 Å². The first-order valence-electron chi connectivity index (χ1n) is 11.0. The van der Waals surface area contributed by atoms with Gasteiger partial charge in [0.15, 0.2) is 0 Å². The Morgan fingerprint density at radius 1 is 0.710 bits per heavy atom. The summed E-state index contributed by atoms with van der Waals surface area (Å²) in [6.45, 7) is 8.00. The van der Waals surface area contributed by atoms with Gasteiger partial charge in [-0.2, -0.15) is 0 Å². The number of allylic oxidation sites excluding steroid dienone is 3. The third-order valence-corrected chi connectivity index (χ3v) is 8.22.